The van der Waals surface area contributed by atoms with Crippen LogP contribution in [0.15, 0.2) is 42.7 Å². The van der Waals surface area contributed by atoms with Crippen LogP contribution in [0.4, 0.5) is 18.9 Å². The van der Waals surface area contributed by atoms with Crippen molar-refractivity contribution in [2.24, 2.45) is 7.05 Å². The summed E-state index contributed by atoms with van der Waals surface area (Å²) in [4.78, 5) is 31.8. The zero-order chi connectivity index (χ0) is 26.0. The number of aromatic nitrogens is 3. The van der Waals surface area contributed by atoms with E-state index < -0.39 is 24.1 Å². The Morgan fingerprint density at radius 3 is 2.56 bits per heavy atom. The Labute approximate surface area is 203 Å². The van der Waals surface area contributed by atoms with Crippen LogP contribution in [0.2, 0.25) is 0 Å². The maximum absolute atomic E-state index is 13.3. The second-order valence-corrected chi connectivity index (χ2v) is 7.79. The molecule has 0 saturated carbocycles. The summed E-state index contributed by atoms with van der Waals surface area (Å²) >= 11 is 0. The van der Waals surface area contributed by atoms with Gasteiger partial charge in [0.25, 0.3) is 17.7 Å². The lowest BCUT2D eigenvalue weighted by Crippen LogP contribution is -2.41. The lowest BCUT2D eigenvalue weighted by molar-refractivity contribution is -0.274. The summed E-state index contributed by atoms with van der Waals surface area (Å²) in [6.07, 6.45) is -1.81. The number of carbonyl (C=O) groups is 2. The standard InChI is InChI=1S/C23H22F3N5O5/c1-30-19-15(29-20(32)14-6-4-5-7-17(14)36-23(24,25)26)8-9-31(16(19)12-28-30)22(33)13-10-18(34-2)21(35-3)27-11-13/h4-7,10-12,15H,8-9H2,1-3H3,(H,29,32)/t15-/m0/s1. The fourth-order valence-corrected chi connectivity index (χ4v) is 4.02. The van der Waals surface area contributed by atoms with Gasteiger partial charge in [-0.3, -0.25) is 14.3 Å². The minimum absolute atomic E-state index is 0.206. The van der Waals surface area contributed by atoms with Gasteiger partial charge >= 0.3 is 6.36 Å². The van der Waals surface area contributed by atoms with Crippen molar-refractivity contribution in [1.82, 2.24) is 20.1 Å². The summed E-state index contributed by atoms with van der Waals surface area (Å²) in [5.41, 5.74) is 0.955. The molecule has 3 heterocycles. The molecule has 0 unspecified atom stereocenters. The van der Waals surface area contributed by atoms with Crippen LogP contribution in [0, 0.1) is 0 Å². The quantitative estimate of drug-likeness (QED) is 0.548. The molecule has 1 N–H and O–H groups in total. The summed E-state index contributed by atoms with van der Waals surface area (Å²) in [5, 5.41) is 6.96. The van der Waals surface area contributed by atoms with Crippen LogP contribution in [0.5, 0.6) is 17.4 Å². The van der Waals surface area contributed by atoms with Gasteiger partial charge in [0.2, 0.25) is 0 Å². The number of carbonyl (C=O) groups excluding carboxylic acids is 2. The van der Waals surface area contributed by atoms with E-state index in [1.54, 1.807) is 7.05 Å². The number of benzene rings is 1. The minimum atomic E-state index is -4.95. The van der Waals surface area contributed by atoms with Crippen molar-refractivity contribution in [3.63, 3.8) is 0 Å². The van der Waals surface area contributed by atoms with Gasteiger partial charge in [-0.2, -0.15) is 5.10 Å². The zero-order valence-corrected chi connectivity index (χ0v) is 19.5. The molecule has 1 atom stereocenters. The van der Waals surface area contributed by atoms with Crippen LogP contribution in [0.1, 0.15) is 38.9 Å². The number of pyridine rings is 1. The Balaban J connectivity index is 1.59. The first-order valence-electron chi connectivity index (χ1n) is 10.7. The van der Waals surface area contributed by atoms with Crippen molar-refractivity contribution in [2.45, 2.75) is 18.8 Å². The molecule has 2 aromatic heterocycles. The second-order valence-electron chi connectivity index (χ2n) is 7.79. The number of nitrogens with zero attached hydrogens (tertiary/aromatic N) is 4. The highest BCUT2D eigenvalue weighted by Crippen LogP contribution is 2.36. The molecule has 0 fully saturated rings. The molecule has 0 spiro atoms. The zero-order valence-electron chi connectivity index (χ0n) is 19.5. The first kappa shape index (κ1) is 24.8. The van der Waals surface area contributed by atoms with E-state index in [2.05, 4.69) is 20.1 Å². The number of fused-ring (bicyclic) bond motifs is 1. The third-order valence-corrected chi connectivity index (χ3v) is 5.61. The van der Waals surface area contributed by atoms with Crippen LogP contribution in [-0.4, -0.2) is 53.7 Å². The number of hydrogen-bond donors (Lipinski definition) is 1. The molecule has 0 saturated heterocycles. The number of ether oxygens (including phenoxy) is 3. The molecule has 1 aliphatic rings. The Kier molecular flexibility index (Phi) is 6.73. The fourth-order valence-electron chi connectivity index (χ4n) is 4.02. The second kappa shape index (κ2) is 9.76. The largest absolute Gasteiger partial charge is 0.573 e. The number of nitrogens with one attached hydrogen (secondary N) is 1. The third kappa shape index (κ3) is 4.90. The Morgan fingerprint density at radius 1 is 1.11 bits per heavy atom. The van der Waals surface area contributed by atoms with E-state index in [-0.39, 0.29) is 41.6 Å². The topological polar surface area (TPSA) is 108 Å². The van der Waals surface area contributed by atoms with E-state index >= 15 is 0 Å². The Hall–Kier alpha value is -4.29. The van der Waals surface area contributed by atoms with Crippen LogP contribution in [0.25, 0.3) is 0 Å². The summed E-state index contributed by atoms with van der Waals surface area (Å²) < 4.78 is 54.2. The van der Waals surface area contributed by atoms with Crippen molar-refractivity contribution < 1.29 is 37.0 Å². The first-order chi connectivity index (χ1) is 17.1. The molecule has 0 aliphatic carbocycles. The summed E-state index contributed by atoms with van der Waals surface area (Å²) in [7, 11) is 4.50. The number of amides is 2. The number of hydrogen-bond acceptors (Lipinski definition) is 7. The van der Waals surface area contributed by atoms with Crippen LogP contribution < -0.4 is 24.4 Å². The van der Waals surface area contributed by atoms with Crippen molar-refractivity contribution in [3.8, 4) is 17.4 Å². The number of halogens is 3. The minimum Gasteiger partial charge on any atom is -0.491 e. The van der Waals surface area contributed by atoms with E-state index in [9.17, 15) is 22.8 Å². The Bertz CT molecular complexity index is 1290. The molecule has 36 heavy (non-hydrogen) atoms. The van der Waals surface area contributed by atoms with E-state index in [0.717, 1.165) is 6.07 Å². The van der Waals surface area contributed by atoms with Crippen molar-refractivity contribution in [2.75, 3.05) is 25.7 Å². The molecular formula is C23H22F3N5O5. The number of anilines is 1. The fraction of sp³-hybridized carbons (Fsp3) is 0.304. The predicted octanol–water partition coefficient (Wildman–Crippen LogP) is 3.25. The lowest BCUT2D eigenvalue weighted by atomic mass is 10.0. The third-order valence-electron chi connectivity index (χ3n) is 5.61. The van der Waals surface area contributed by atoms with Crippen molar-refractivity contribution >= 4 is 17.5 Å². The van der Waals surface area contributed by atoms with E-state index in [4.69, 9.17) is 9.47 Å². The van der Waals surface area contributed by atoms with E-state index in [1.165, 1.54) is 60.5 Å². The van der Waals surface area contributed by atoms with Crippen LogP contribution in [-0.2, 0) is 7.05 Å². The summed E-state index contributed by atoms with van der Waals surface area (Å²) in [5.74, 6) is -1.22. The predicted molar refractivity (Wildman–Crippen MR) is 120 cm³/mol. The van der Waals surface area contributed by atoms with Gasteiger partial charge in [-0.25, -0.2) is 4.98 Å². The SMILES string of the molecule is COc1cc(C(=O)N2CC[C@H](NC(=O)c3ccccc3OC(F)(F)F)c3c2cnn3C)cnc1OC. The molecule has 2 amide bonds. The molecule has 3 aromatic rings. The molecule has 190 valence electrons. The molecule has 1 aromatic carbocycles. The van der Waals surface area contributed by atoms with Crippen molar-refractivity contribution in [1.29, 1.82) is 0 Å². The smallest absolute Gasteiger partial charge is 0.491 e. The number of alkyl halides is 3. The number of methoxy groups -OCH3 is 2. The van der Waals surface area contributed by atoms with Gasteiger partial charge in [-0.15, -0.1) is 13.2 Å². The Morgan fingerprint density at radius 2 is 1.86 bits per heavy atom. The molecule has 10 nitrogen and oxygen atoms in total. The monoisotopic (exact) mass is 505 g/mol. The first-order valence-corrected chi connectivity index (χ1v) is 10.7. The van der Waals surface area contributed by atoms with Gasteiger partial charge in [-0.05, 0) is 18.6 Å². The molecule has 1 aliphatic heterocycles. The molecule has 0 bridgehead atoms. The van der Waals surface area contributed by atoms with Crippen molar-refractivity contribution in [3.05, 3.63) is 59.5 Å². The van der Waals surface area contributed by atoms with Gasteiger partial charge in [0.1, 0.15) is 5.75 Å². The maximum Gasteiger partial charge on any atom is 0.573 e. The molecule has 4 rings (SSSR count). The maximum atomic E-state index is 13.3. The number of aryl methyl sites for hydroxylation is 1. The molecule has 0 radical (unpaired) electrons. The normalized spacial score (nSPS) is 15.2. The highest BCUT2D eigenvalue weighted by Gasteiger charge is 2.36. The number of para-hydroxylation sites is 1. The van der Waals surface area contributed by atoms with Crippen LogP contribution >= 0.6 is 0 Å². The highest BCUT2D eigenvalue weighted by molar-refractivity contribution is 6.07. The lowest BCUT2D eigenvalue weighted by Gasteiger charge is -2.32. The molecular weight excluding hydrogens is 483 g/mol. The van der Waals surface area contributed by atoms with E-state index in [0.29, 0.717) is 11.4 Å². The van der Waals surface area contributed by atoms with E-state index in [1.807, 2.05) is 0 Å². The van der Waals surface area contributed by atoms with Gasteiger partial charge in [-0.1, -0.05) is 12.1 Å². The van der Waals surface area contributed by atoms with Gasteiger partial charge in [0.05, 0.1) is 49.0 Å². The molecule has 13 heteroatoms. The summed E-state index contributed by atoms with van der Waals surface area (Å²) in [6.45, 7) is 0.206. The highest BCUT2D eigenvalue weighted by atomic mass is 19.4. The van der Waals surface area contributed by atoms with Gasteiger partial charge in [0.15, 0.2) is 5.75 Å². The average Bonchev–Trinajstić information content (AvgIpc) is 3.24. The average molecular weight is 505 g/mol. The van der Waals surface area contributed by atoms with Gasteiger partial charge < -0.3 is 24.4 Å². The van der Waals surface area contributed by atoms with Crippen LogP contribution in [0.3, 0.4) is 0 Å². The van der Waals surface area contributed by atoms with Gasteiger partial charge in [0, 0.05) is 25.9 Å². The number of rotatable bonds is 6. The summed E-state index contributed by atoms with van der Waals surface area (Å²) in [6, 6.07) is 5.97.